The lowest BCUT2D eigenvalue weighted by Crippen LogP contribution is -2.22. The van der Waals surface area contributed by atoms with Crippen molar-refractivity contribution in [3.05, 3.63) is 45.6 Å². The Morgan fingerprint density at radius 3 is 2.29 bits per heavy atom. The number of pyridine rings is 1. The summed E-state index contributed by atoms with van der Waals surface area (Å²) in [5.74, 6) is 1.64. The summed E-state index contributed by atoms with van der Waals surface area (Å²) >= 11 is 0. The molecular weight excluding hydrogens is 362 g/mol. The monoisotopic (exact) mass is 385 g/mol. The van der Waals surface area contributed by atoms with Gasteiger partial charge >= 0.3 is 0 Å². The number of aromatic nitrogens is 3. The summed E-state index contributed by atoms with van der Waals surface area (Å²) in [4.78, 5) is 22.0. The van der Waals surface area contributed by atoms with Crippen LogP contribution < -0.4 is 24.5 Å². The zero-order valence-corrected chi connectivity index (χ0v) is 16.8. The lowest BCUT2D eigenvalue weighted by Gasteiger charge is -2.16. The second kappa shape index (κ2) is 7.75. The van der Waals surface area contributed by atoms with E-state index in [1.807, 2.05) is 19.9 Å². The summed E-state index contributed by atoms with van der Waals surface area (Å²) in [6.45, 7) is 4.14. The van der Waals surface area contributed by atoms with Crippen molar-refractivity contribution in [2.75, 3.05) is 28.4 Å². The van der Waals surface area contributed by atoms with Crippen LogP contribution in [0.3, 0.4) is 0 Å². The maximum atomic E-state index is 13.2. The average molecular weight is 385 g/mol. The van der Waals surface area contributed by atoms with Gasteiger partial charge in [0.2, 0.25) is 11.6 Å². The van der Waals surface area contributed by atoms with Gasteiger partial charge in [-0.15, -0.1) is 0 Å². The van der Waals surface area contributed by atoms with E-state index in [2.05, 4.69) is 9.97 Å². The molecule has 148 valence electrons. The molecule has 0 unspecified atom stereocenters. The largest absolute Gasteiger partial charge is 0.493 e. The van der Waals surface area contributed by atoms with Crippen LogP contribution in [0.2, 0.25) is 0 Å². The van der Waals surface area contributed by atoms with Crippen LogP contribution in [0.4, 0.5) is 0 Å². The number of benzene rings is 1. The van der Waals surface area contributed by atoms with Gasteiger partial charge in [0.05, 0.1) is 46.7 Å². The van der Waals surface area contributed by atoms with Crippen LogP contribution in [-0.4, -0.2) is 43.0 Å². The van der Waals surface area contributed by atoms with Gasteiger partial charge in [-0.1, -0.05) is 0 Å². The van der Waals surface area contributed by atoms with Crippen molar-refractivity contribution in [3.63, 3.8) is 0 Å². The molecule has 0 N–H and O–H groups in total. The van der Waals surface area contributed by atoms with E-state index in [9.17, 15) is 4.79 Å². The minimum atomic E-state index is -0.230. The van der Waals surface area contributed by atoms with Gasteiger partial charge in [-0.25, -0.2) is 9.97 Å². The standard InChI is InChI=1S/C20H23N3O5/c1-11-7-12(2)22-19(28-6)14(11)9-23-10-21-16-13(20(23)24)8-15(25-3)17(26-4)18(16)27-5/h7-8,10H,9H2,1-6H3. The van der Waals surface area contributed by atoms with Crippen molar-refractivity contribution in [1.82, 2.24) is 14.5 Å². The number of ether oxygens (including phenoxy) is 4. The second-order valence-corrected chi connectivity index (χ2v) is 6.29. The summed E-state index contributed by atoms with van der Waals surface area (Å²) in [5.41, 5.74) is 2.84. The smallest absolute Gasteiger partial charge is 0.261 e. The Kier molecular flexibility index (Phi) is 5.39. The molecule has 2 heterocycles. The lowest BCUT2D eigenvalue weighted by atomic mass is 10.1. The summed E-state index contributed by atoms with van der Waals surface area (Å²) in [7, 11) is 6.07. The van der Waals surface area contributed by atoms with Crippen LogP contribution in [0.1, 0.15) is 16.8 Å². The van der Waals surface area contributed by atoms with Gasteiger partial charge in [0.1, 0.15) is 5.52 Å². The highest BCUT2D eigenvalue weighted by Crippen LogP contribution is 2.41. The van der Waals surface area contributed by atoms with E-state index < -0.39 is 0 Å². The van der Waals surface area contributed by atoms with Crippen LogP contribution in [0, 0.1) is 13.8 Å². The van der Waals surface area contributed by atoms with Gasteiger partial charge < -0.3 is 18.9 Å². The van der Waals surface area contributed by atoms with E-state index in [4.69, 9.17) is 18.9 Å². The fraction of sp³-hybridized carbons (Fsp3) is 0.350. The molecule has 3 aromatic rings. The molecule has 0 saturated carbocycles. The molecule has 28 heavy (non-hydrogen) atoms. The predicted octanol–water partition coefficient (Wildman–Crippen LogP) is 2.49. The highest BCUT2D eigenvalue weighted by Gasteiger charge is 2.20. The molecule has 2 aromatic heterocycles. The number of hydrogen-bond acceptors (Lipinski definition) is 7. The topological polar surface area (TPSA) is 84.7 Å². The molecular formula is C20H23N3O5. The number of methoxy groups -OCH3 is 4. The minimum Gasteiger partial charge on any atom is -0.493 e. The maximum Gasteiger partial charge on any atom is 0.261 e. The van der Waals surface area contributed by atoms with Crippen LogP contribution in [0.5, 0.6) is 23.1 Å². The van der Waals surface area contributed by atoms with E-state index in [0.717, 1.165) is 16.8 Å². The fourth-order valence-electron chi connectivity index (χ4n) is 3.24. The Morgan fingerprint density at radius 2 is 1.68 bits per heavy atom. The maximum absolute atomic E-state index is 13.2. The van der Waals surface area contributed by atoms with E-state index >= 15 is 0 Å². The third kappa shape index (κ3) is 3.21. The number of aryl methyl sites for hydroxylation is 2. The minimum absolute atomic E-state index is 0.230. The molecule has 0 aliphatic carbocycles. The first-order chi connectivity index (χ1) is 13.4. The van der Waals surface area contributed by atoms with Crippen LogP contribution in [-0.2, 0) is 6.54 Å². The molecule has 0 spiro atoms. The van der Waals surface area contributed by atoms with E-state index in [1.165, 1.54) is 32.2 Å². The van der Waals surface area contributed by atoms with Crippen molar-refractivity contribution >= 4 is 10.9 Å². The van der Waals surface area contributed by atoms with Crippen molar-refractivity contribution in [1.29, 1.82) is 0 Å². The Morgan fingerprint density at radius 1 is 0.964 bits per heavy atom. The van der Waals surface area contributed by atoms with Crippen molar-refractivity contribution in [3.8, 4) is 23.1 Å². The predicted molar refractivity (Wildman–Crippen MR) is 105 cm³/mol. The molecule has 0 saturated heterocycles. The Labute approximate surface area is 162 Å². The summed E-state index contributed by atoms with van der Waals surface area (Å²) in [5, 5.41) is 0.369. The fourth-order valence-corrected chi connectivity index (χ4v) is 3.24. The quantitative estimate of drug-likeness (QED) is 0.644. The summed E-state index contributed by atoms with van der Waals surface area (Å²) < 4.78 is 23.1. The molecule has 0 aliphatic heterocycles. The van der Waals surface area contributed by atoms with Crippen molar-refractivity contribution in [2.45, 2.75) is 20.4 Å². The Hall–Kier alpha value is -3.29. The molecule has 0 radical (unpaired) electrons. The highest BCUT2D eigenvalue weighted by molar-refractivity contribution is 5.89. The van der Waals surface area contributed by atoms with E-state index in [-0.39, 0.29) is 12.1 Å². The van der Waals surface area contributed by atoms with Gasteiger partial charge in [-0.3, -0.25) is 9.36 Å². The number of nitrogens with zero attached hydrogens (tertiary/aromatic N) is 3. The molecule has 8 heteroatoms. The van der Waals surface area contributed by atoms with E-state index in [0.29, 0.717) is 34.0 Å². The third-order valence-electron chi connectivity index (χ3n) is 4.58. The van der Waals surface area contributed by atoms with Gasteiger partial charge in [-0.2, -0.15) is 0 Å². The summed E-state index contributed by atoms with van der Waals surface area (Å²) in [6, 6.07) is 3.56. The van der Waals surface area contributed by atoms with E-state index in [1.54, 1.807) is 13.2 Å². The van der Waals surface area contributed by atoms with Crippen molar-refractivity contribution < 1.29 is 18.9 Å². The Balaban J connectivity index is 2.20. The SMILES string of the molecule is COc1cc2c(=O)n(Cc3c(C)cc(C)nc3OC)cnc2c(OC)c1OC. The van der Waals surface area contributed by atoms with Gasteiger partial charge in [0.25, 0.3) is 5.56 Å². The Bertz CT molecular complexity index is 1090. The van der Waals surface area contributed by atoms with Crippen LogP contribution in [0.25, 0.3) is 10.9 Å². The molecule has 0 aliphatic rings. The molecule has 3 rings (SSSR count). The van der Waals surface area contributed by atoms with Gasteiger partial charge in [0.15, 0.2) is 11.5 Å². The van der Waals surface area contributed by atoms with Crippen molar-refractivity contribution in [2.24, 2.45) is 0 Å². The summed E-state index contributed by atoms with van der Waals surface area (Å²) in [6.07, 6.45) is 1.48. The first kappa shape index (κ1) is 19.5. The zero-order valence-electron chi connectivity index (χ0n) is 16.8. The molecule has 8 nitrogen and oxygen atoms in total. The average Bonchev–Trinajstić information content (AvgIpc) is 2.69. The second-order valence-electron chi connectivity index (χ2n) is 6.29. The number of rotatable bonds is 6. The van der Waals surface area contributed by atoms with Crippen LogP contribution in [0.15, 0.2) is 23.3 Å². The first-order valence-corrected chi connectivity index (χ1v) is 8.64. The normalized spacial score (nSPS) is 10.8. The molecule has 0 atom stereocenters. The van der Waals surface area contributed by atoms with Gasteiger partial charge in [0, 0.05) is 11.3 Å². The molecule has 0 bridgehead atoms. The lowest BCUT2D eigenvalue weighted by molar-refractivity contribution is 0.326. The number of hydrogen-bond donors (Lipinski definition) is 0. The highest BCUT2D eigenvalue weighted by atomic mass is 16.5. The molecule has 0 amide bonds. The number of fused-ring (bicyclic) bond motifs is 1. The zero-order chi connectivity index (χ0) is 20.4. The third-order valence-corrected chi connectivity index (χ3v) is 4.58. The van der Waals surface area contributed by atoms with Gasteiger partial charge in [-0.05, 0) is 31.5 Å². The van der Waals surface area contributed by atoms with Crippen LogP contribution >= 0.6 is 0 Å². The molecule has 0 fully saturated rings. The first-order valence-electron chi connectivity index (χ1n) is 8.64. The molecule has 1 aromatic carbocycles.